The number of nitrogens with zero attached hydrogens (tertiary/aromatic N) is 2. The molecule has 0 aromatic rings. The SMILES string of the molecule is CN(CC(F)F)C1CCCCC1C#N. The number of rotatable bonds is 3. The van der Waals surface area contributed by atoms with Crippen molar-refractivity contribution in [2.45, 2.75) is 38.2 Å². The van der Waals surface area contributed by atoms with Crippen LogP contribution in [0.3, 0.4) is 0 Å². The third-order valence-electron chi connectivity index (χ3n) is 2.89. The molecule has 0 aromatic carbocycles. The van der Waals surface area contributed by atoms with Crippen molar-refractivity contribution in [1.82, 2.24) is 4.90 Å². The minimum absolute atomic E-state index is 0.0303. The van der Waals surface area contributed by atoms with Crippen molar-refractivity contribution < 1.29 is 8.78 Å². The zero-order chi connectivity index (χ0) is 10.6. The first kappa shape index (κ1) is 11.4. The molecule has 1 aliphatic carbocycles. The molecular formula is C10H16F2N2. The minimum Gasteiger partial charge on any atom is -0.297 e. The second kappa shape index (κ2) is 5.26. The number of alkyl halides is 2. The maximum atomic E-state index is 12.1. The molecule has 0 amide bonds. The van der Waals surface area contributed by atoms with Gasteiger partial charge >= 0.3 is 0 Å². The van der Waals surface area contributed by atoms with Gasteiger partial charge in [-0.1, -0.05) is 12.8 Å². The van der Waals surface area contributed by atoms with Gasteiger partial charge in [-0.3, -0.25) is 4.90 Å². The van der Waals surface area contributed by atoms with Crippen LogP contribution in [0.2, 0.25) is 0 Å². The molecule has 0 saturated heterocycles. The molecule has 0 aromatic heterocycles. The predicted octanol–water partition coefficient (Wildman–Crippen LogP) is 2.27. The molecule has 2 nitrogen and oxygen atoms in total. The molecule has 1 fully saturated rings. The van der Waals surface area contributed by atoms with Gasteiger partial charge in [0, 0.05) is 6.04 Å². The fraction of sp³-hybridized carbons (Fsp3) is 0.900. The molecule has 2 atom stereocenters. The standard InChI is InChI=1S/C10H16F2N2/c1-14(7-10(11)12)9-5-3-2-4-8(9)6-13/h8-10H,2-5,7H2,1H3. The monoisotopic (exact) mass is 202 g/mol. The summed E-state index contributed by atoms with van der Waals surface area (Å²) in [5.41, 5.74) is 0. The third-order valence-corrected chi connectivity index (χ3v) is 2.89. The van der Waals surface area contributed by atoms with Crippen molar-refractivity contribution in [2.75, 3.05) is 13.6 Å². The summed E-state index contributed by atoms with van der Waals surface area (Å²) in [6.07, 6.45) is 1.53. The van der Waals surface area contributed by atoms with Crippen LogP contribution < -0.4 is 0 Å². The van der Waals surface area contributed by atoms with E-state index < -0.39 is 6.43 Å². The molecule has 0 aliphatic heterocycles. The average Bonchev–Trinajstić information content (AvgIpc) is 2.16. The van der Waals surface area contributed by atoms with E-state index in [1.165, 1.54) is 0 Å². The number of hydrogen-bond acceptors (Lipinski definition) is 2. The topological polar surface area (TPSA) is 27.0 Å². The van der Waals surface area contributed by atoms with E-state index in [0.717, 1.165) is 25.7 Å². The fourth-order valence-electron chi connectivity index (χ4n) is 2.14. The summed E-state index contributed by atoms with van der Waals surface area (Å²) in [5, 5.41) is 8.88. The van der Waals surface area contributed by atoms with E-state index in [0.29, 0.717) is 0 Å². The van der Waals surface area contributed by atoms with E-state index in [9.17, 15) is 8.78 Å². The van der Waals surface area contributed by atoms with E-state index in [-0.39, 0.29) is 18.5 Å². The Morgan fingerprint density at radius 3 is 2.64 bits per heavy atom. The van der Waals surface area contributed by atoms with Crippen molar-refractivity contribution >= 4 is 0 Å². The van der Waals surface area contributed by atoms with E-state index in [2.05, 4.69) is 6.07 Å². The molecule has 1 aliphatic rings. The summed E-state index contributed by atoms with van der Waals surface area (Å²) >= 11 is 0. The van der Waals surface area contributed by atoms with Crippen molar-refractivity contribution in [3.8, 4) is 6.07 Å². The smallest absolute Gasteiger partial charge is 0.251 e. The average molecular weight is 202 g/mol. The normalized spacial score (nSPS) is 28.0. The molecule has 4 heteroatoms. The van der Waals surface area contributed by atoms with Gasteiger partial charge in [-0.25, -0.2) is 8.78 Å². The van der Waals surface area contributed by atoms with E-state index in [4.69, 9.17) is 5.26 Å². The summed E-state index contributed by atoms with van der Waals surface area (Å²) in [5.74, 6) is -0.0625. The third kappa shape index (κ3) is 2.91. The first-order chi connectivity index (χ1) is 6.65. The number of nitriles is 1. The van der Waals surface area contributed by atoms with Gasteiger partial charge in [0.15, 0.2) is 0 Å². The Bertz CT molecular complexity index is 213. The molecule has 80 valence electrons. The van der Waals surface area contributed by atoms with Crippen LogP contribution in [0.1, 0.15) is 25.7 Å². The lowest BCUT2D eigenvalue weighted by Gasteiger charge is -2.34. The van der Waals surface area contributed by atoms with Crippen molar-refractivity contribution in [1.29, 1.82) is 5.26 Å². The minimum atomic E-state index is -2.30. The van der Waals surface area contributed by atoms with Crippen LogP contribution >= 0.6 is 0 Å². The zero-order valence-corrected chi connectivity index (χ0v) is 8.42. The van der Waals surface area contributed by atoms with Crippen molar-refractivity contribution in [3.05, 3.63) is 0 Å². The molecule has 0 radical (unpaired) electrons. The quantitative estimate of drug-likeness (QED) is 0.702. The molecule has 0 heterocycles. The fourth-order valence-corrected chi connectivity index (χ4v) is 2.14. The second-order valence-electron chi connectivity index (χ2n) is 3.92. The Hall–Kier alpha value is -0.690. The largest absolute Gasteiger partial charge is 0.297 e. The summed E-state index contributed by atoms with van der Waals surface area (Å²) in [6, 6.07) is 2.25. The maximum absolute atomic E-state index is 12.1. The highest BCUT2D eigenvalue weighted by molar-refractivity contribution is 4.95. The first-order valence-electron chi connectivity index (χ1n) is 5.03. The van der Waals surface area contributed by atoms with Gasteiger partial charge in [-0.2, -0.15) is 5.26 Å². The first-order valence-corrected chi connectivity index (χ1v) is 5.03. The highest BCUT2D eigenvalue weighted by Crippen LogP contribution is 2.27. The lowest BCUT2D eigenvalue weighted by atomic mass is 9.85. The van der Waals surface area contributed by atoms with Gasteiger partial charge in [0.2, 0.25) is 0 Å². The van der Waals surface area contributed by atoms with Crippen molar-refractivity contribution in [2.24, 2.45) is 5.92 Å². The van der Waals surface area contributed by atoms with Gasteiger partial charge in [0.25, 0.3) is 6.43 Å². The molecule has 14 heavy (non-hydrogen) atoms. The van der Waals surface area contributed by atoms with Crippen LogP contribution in [0.15, 0.2) is 0 Å². The van der Waals surface area contributed by atoms with Gasteiger partial charge < -0.3 is 0 Å². The van der Waals surface area contributed by atoms with Gasteiger partial charge in [0.1, 0.15) is 0 Å². The van der Waals surface area contributed by atoms with Gasteiger partial charge in [0.05, 0.1) is 18.5 Å². The Balaban J connectivity index is 2.51. The summed E-state index contributed by atoms with van der Waals surface area (Å²) in [4.78, 5) is 1.64. The lowest BCUT2D eigenvalue weighted by Crippen LogP contribution is -2.41. The van der Waals surface area contributed by atoms with Crippen molar-refractivity contribution in [3.63, 3.8) is 0 Å². The van der Waals surface area contributed by atoms with Crippen LogP contribution in [0.4, 0.5) is 8.78 Å². The van der Waals surface area contributed by atoms with Crippen LogP contribution in [0.5, 0.6) is 0 Å². The highest BCUT2D eigenvalue weighted by Gasteiger charge is 2.29. The Labute approximate surface area is 83.5 Å². The van der Waals surface area contributed by atoms with E-state index in [1.807, 2.05) is 0 Å². The molecule has 1 rings (SSSR count). The zero-order valence-electron chi connectivity index (χ0n) is 8.42. The molecule has 0 N–H and O–H groups in total. The highest BCUT2D eigenvalue weighted by atomic mass is 19.3. The van der Waals surface area contributed by atoms with Gasteiger partial charge in [-0.15, -0.1) is 0 Å². The van der Waals surface area contributed by atoms with Gasteiger partial charge in [-0.05, 0) is 19.9 Å². The molecule has 0 bridgehead atoms. The maximum Gasteiger partial charge on any atom is 0.251 e. The van der Waals surface area contributed by atoms with E-state index in [1.54, 1.807) is 11.9 Å². The molecule has 1 saturated carbocycles. The van der Waals surface area contributed by atoms with Crippen LogP contribution in [-0.4, -0.2) is 31.0 Å². The molecular weight excluding hydrogens is 186 g/mol. The molecule has 2 unspecified atom stereocenters. The second-order valence-corrected chi connectivity index (χ2v) is 3.92. The summed E-state index contributed by atoms with van der Waals surface area (Å²) < 4.78 is 24.3. The van der Waals surface area contributed by atoms with Crippen LogP contribution in [0.25, 0.3) is 0 Å². The Kier molecular flexibility index (Phi) is 4.27. The number of halogens is 2. The molecule has 0 spiro atoms. The predicted molar refractivity (Wildman–Crippen MR) is 50.0 cm³/mol. The van der Waals surface area contributed by atoms with Crippen LogP contribution in [-0.2, 0) is 0 Å². The summed E-state index contributed by atoms with van der Waals surface area (Å²) in [7, 11) is 1.69. The lowest BCUT2D eigenvalue weighted by molar-refractivity contribution is 0.0602. The number of hydrogen-bond donors (Lipinski definition) is 0. The Morgan fingerprint density at radius 1 is 1.43 bits per heavy atom. The Morgan fingerprint density at radius 2 is 2.07 bits per heavy atom. The van der Waals surface area contributed by atoms with E-state index >= 15 is 0 Å². The van der Waals surface area contributed by atoms with Crippen LogP contribution in [0, 0.1) is 17.2 Å². The summed E-state index contributed by atoms with van der Waals surface area (Å²) in [6.45, 7) is -0.219.